The van der Waals surface area contributed by atoms with Gasteiger partial charge in [0.25, 0.3) is 0 Å². The molecule has 0 aromatic carbocycles. The maximum atomic E-state index is 11.9. The summed E-state index contributed by atoms with van der Waals surface area (Å²) in [5, 5.41) is 0. The topological polar surface area (TPSA) is 17.1 Å². The third-order valence-corrected chi connectivity index (χ3v) is 8.49. The Balaban J connectivity index is 1.62. The molecule has 0 N–H and O–H groups in total. The van der Waals surface area contributed by atoms with E-state index in [4.69, 9.17) is 0 Å². The van der Waals surface area contributed by atoms with E-state index < -0.39 is 0 Å². The summed E-state index contributed by atoms with van der Waals surface area (Å²) >= 11 is 0. The molecule has 4 aliphatic carbocycles. The molecule has 0 radical (unpaired) electrons. The third-order valence-electron chi connectivity index (χ3n) is 8.49. The number of Topliss-reactive ketones (excluding diaryl/α,β-unsaturated/α-hetero) is 1. The van der Waals surface area contributed by atoms with Gasteiger partial charge in [0.1, 0.15) is 5.78 Å². The van der Waals surface area contributed by atoms with E-state index in [1.807, 2.05) is 0 Å². The lowest BCUT2D eigenvalue weighted by Crippen LogP contribution is -2.49. The molecule has 1 nitrogen and oxygen atoms in total. The Morgan fingerprint density at radius 3 is 2.87 bits per heavy atom. The first-order chi connectivity index (χ1) is 11.1. The summed E-state index contributed by atoms with van der Waals surface area (Å²) in [4.78, 5) is 11.9. The van der Waals surface area contributed by atoms with Crippen LogP contribution in [0, 0.1) is 28.6 Å². The Hall–Kier alpha value is -0.590. The Morgan fingerprint density at radius 2 is 2.04 bits per heavy atom. The SMILES string of the molecule is CCCC[C@@]12CCC[C@H]1[C@@H]1CC=C3CC(=O)CC[C@]3(C)[C@H]1CC2. The number of allylic oxidation sites excluding steroid dienone is 2. The Morgan fingerprint density at radius 1 is 1.17 bits per heavy atom. The van der Waals surface area contributed by atoms with Gasteiger partial charge in [0, 0.05) is 12.8 Å². The highest BCUT2D eigenvalue weighted by atomic mass is 16.1. The molecule has 0 heterocycles. The molecule has 5 atom stereocenters. The maximum absolute atomic E-state index is 11.9. The van der Waals surface area contributed by atoms with E-state index in [0.717, 1.165) is 37.0 Å². The lowest BCUT2D eigenvalue weighted by atomic mass is 9.47. The van der Waals surface area contributed by atoms with E-state index in [2.05, 4.69) is 19.9 Å². The zero-order chi connectivity index (χ0) is 16.1. The minimum absolute atomic E-state index is 0.357. The first-order valence-electron chi connectivity index (χ1n) is 10.3. The van der Waals surface area contributed by atoms with Crippen LogP contribution in [0.15, 0.2) is 11.6 Å². The minimum atomic E-state index is 0.357. The van der Waals surface area contributed by atoms with Gasteiger partial charge in [-0.1, -0.05) is 44.8 Å². The number of fused-ring (bicyclic) bond motifs is 5. The summed E-state index contributed by atoms with van der Waals surface area (Å²) in [6.45, 7) is 4.86. The van der Waals surface area contributed by atoms with E-state index in [0.29, 0.717) is 16.6 Å². The molecule has 0 unspecified atom stereocenters. The normalized spacial score (nSPS) is 45.9. The van der Waals surface area contributed by atoms with Crippen molar-refractivity contribution in [3.8, 4) is 0 Å². The van der Waals surface area contributed by atoms with Crippen LogP contribution in [-0.4, -0.2) is 5.78 Å². The number of unbranched alkanes of at least 4 members (excludes halogenated alkanes) is 1. The molecule has 0 aliphatic heterocycles. The summed E-state index contributed by atoms with van der Waals surface area (Å²) in [7, 11) is 0. The van der Waals surface area contributed by atoms with Crippen LogP contribution in [-0.2, 0) is 4.79 Å². The molecule has 3 saturated carbocycles. The van der Waals surface area contributed by atoms with Crippen molar-refractivity contribution in [3.63, 3.8) is 0 Å². The van der Waals surface area contributed by atoms with E-state index in [-0.39, 0.29) is 0 Å². The average molecular weight is 315 g/mol. The van der Waals surface area contributed by atoms with Crippen LogP contribution in [0.5, 0.6) is 0 Å². The molecule has 1 heteroatoms. The fraction of sp³-hybridized carbons (Fsp3) is 0.864. The van der Waals surface area contributed by atoms with Gasteiger partial charge < -0.3 is 0 Å². The predicted octanol–water partition coefficient (Wildman–Crippen LogP) is 6.08. The smallest absolute Gasteiger partial charge is 0.136 e. The molecule has 4 aliphatic rings. The zero-order valence-electron chi connectivity index (χ0n) is 15.2. The standard InChI is InChI=1S/C22H34O/c1-3-4-11-22-12-5-6-20(22)18-8-7-16-15-17(23)9-13-21(16,2)19(18)10-14-22/h7,18-20H,3-6,8-15H2,1-2H3/t18-,19+,20+,21+,22+/m1/s1. The van der Waals surface area contributed by atoms with Crippen LogP contribution in [0.25, 0.3) is 0 Å². The molecule has 3 fully saturated rings. The molecule has 0 aromatic rings. The van der Waals surface area contributed by atoms with Crippen LogP contribution >= 0.6 is 0 Å². The molecule has 128 valence electrons. The average Bonchev–Trinajstić information content (AvgIpc) is 2.98. The number of carbonyl (C=O) groups excluding carboxylic acids is 1. The largest absolute Gasteiger partial charge is 0.299 e. The van der Waals surface area contributed by atoms with E-state index >= 15 is 0 Å². The second kappa shape index (κ2) is 5.74. The van der Waals surface area contributed by atoms with Crippen LogP contribution in [0.1, 0.15) is 90.9 Å². The van der Waals surface area contributed by atoms with Crippen molar-refractivity contribution in [1.82, 2.24) is 0 Å². The lowest BCUT2D eigenvalue weighted by molar-refractivity contribution is -0.122. The molecule has 0 aromatic heterocycles. The van der Waals surface area contributed by atoms with Crippen molar-refractivity contribution in [2.45, 2.75) is 90.9 Å². The number of hydrogen-bond donors (Lipinski definition) is 0. The van der Waals surface area contributed by atoms with Crippen molar-refractivity contribution in [1.29, 1.82) is 0 Å². The second-order valence-electron chi connectivity index (χ2n) is 9.37. The Labute approximate surface area is 142 Å². The van der Waals surface area contributed by atoms with Gasteiger partial charge in [0.05, 0.1) is 0 Å². The first-order valence-corrected chi connectivity index (χ1v) is 10.3. The maximum Gasteiger partial charge on any atom is 0.136 e. The molecular formula is C22H34O. The molecule has 23 heavy (non-hydrogen) atoms. The number of hydrogen-bond acceptors (Lipinski definition) is 1. The highest BCUT2D eigenvalue weighted by Crippen LogP contribution is 2.65. The molecular weight excluding hydrogens is 280 g/mol. The molecule has 0 spiro atoms. The van der Waals surface area contributed by atoms with Crippen LogP contribution in [0.2, 0.25) is 0 Å². The molecule has 0 bridgehead atoms. The third kappa shape index (κ3) is 2.36. The summed E-state index contributed by atoms with van der Waals surface area (Å²) in [6, 6.07) is 0. The van der Waals surface area contributed by atoms with Gasteiger partial charge >= 0.3 is 0 Å². The van der Waals surface area contributed by atoms with E-state index in [9.17, 15) is 4.79 Å². The fourth-order valence-electron chi connectivity index (χ4n) is 7.24. The highest BCUT2D eigenvalue weighted by molar-refractivity contribution is 5.82. The van der Waals surface area contributed by atoms with Crippen LogP contribution < -0.4 is 0 Å². The van der Waals surface area contributed by atoms with Gasteiger partial charge in [-0.2, -0.15) is 0 Å². The van der Waals surface area contributed by atoms with E-state index in [1.165, 1.54) is 63.4 Å². The van der Waals surface area contributed by atoms with Crippen LogP contribution in [0.3, 0.4) is 0 Å². The molecule has 0 saturated heterocycles. The molecule has 4 rings (SSSR count). The van der Waals surface area contributed by atoms with Crippen LogP contribution in [0.4, 0.5) is 0 Å². The predicted molar refractivity (Wildman–Crippen MR) is 95.2 cm³/mol. The van der Waals surface area contributed by atoms with Crippen molar-refractivity contribution < 1.29 is 4.79 Å². The first kappa shape index (κ1) is 15.9. The van der Waals surface area contributed by atoms with Crippen molar-refractivity contribution >= 4 is 5.78 Å². The van der Waals surface area contributed by atoms with Gasteiger partial charge in [0.2, 0.25) is 0 Å². The van der Waals surface area contributed by atoms with Gasteiger partial charge in [0.15, 0.2) is 0 Å². The minimum Gasteiger partial charge on any atom is -0.299 e. The zero-order valence-corrected chi connectivity index (χ0v) is 15.2. The monoisotopic (exact) mass is 314 g/mol. The van der Waals surface area contributed by atoms with Gasteiger partial charge in [-0.15, -0.1) is 0 Å². The van der Waals surface area contributed by atoms with E-state index in [1.54, 1.807) is 0 Å². The number of rotatable bonds is 3. The Kier molecular flexibility index (Phi) is 3.97. The van der Waals surface area contributed by atoms with Crippen molar-refractivity contribution in [2.24, 2.45) is 28.6 Å². The summed E-state index contributed by atoms with van der Waals surface area (Å²) in [6.07, 6.45) is 18.2. The fourth-order valence-corrected chi connectivity index (χ4v) is 7.24. The summed E-state index contributed by atoms with van der Waals surface area (Å²) in [5.74, 6) is 3.26. The van der Waals surface area contributed by atoms with Gasteiger partial charge in [-0.3, -0.25) is 4.79 Å². The lowest BCUT2D eigenvalue weighted by Gasteiger charge is -2.57. The quantitative estimate of drug-likeness (QED) is 0.577. The number of ketones is 1. The van der Waals surface area contributed by atoms with Crippen molar-refractivity contribution in [2.75, 3.05) is 0 Å². The summed E-state index contributed by atoms with van der Waals surface area (Å²) in [5.41, 5.74) is 2.58. The highest BCUT2D eigenvalue weighted by Gasteiger charge is 2.56. The number of carbonyl (C=O) groups is 1. The second-order valence-corrected chi connectivity index (χ2v) is 9.37. The van der Waals surface area contributed by atoms with Gasteiger partial charge in [-0.05, 0) is 73.5 Å². The Bertz CT molecular complexity index is 518. The summed E-state index contributed by atoms with van der Waals surface area (Å²) < 4.78 is 0. The van der Waals surface area contributed by atoms with Gasteiger partial charge in [-0.25, -0.2) is 0 Å². The van der Waals surface area contributed by atoms with Crippen molar-refractivity contribution in [3.05, 3.63) is 11.6 Å². The molecule has 0 amide bonds.